The van der Waals surface area contributed by atoms with Gasteiger partial charge in [-0.05, 0) is 30.4 Å². The van der Waals surface area contributed by atoms with Gasteiger partial charge in [0.25, 0.3) is 0 Å². The molecule has 1 N–H and O–H groups in total. The van der Waals surface area contributed by atoms with Gasteiger partial charge >= 0.3 is 0 Å². The van der Waals surface area contributed by atoms with Crippen molar-refractivity contribution < 1.29 is 5.11 Å². The van der Waals surface area contributed by atoms with Crippen LogP contribution in [0.3, 0.4) is 0 Å². The molecule has 0 unspecified atom stereocenters. The summed E-state index contributed by atoms with van der Waals surface area (Å²) in [6.07, 6.45) is 0. The van der Waals surface area contributed by atoms with Crippen LogP contribution in [0.4, 0.5) is 0 Å². The van der Waals surface area contributed by atoms with E-state index < -0.39 is 0 Å². The fourth-order valence-electron chi connectivity index (χ4n) is 0.833. The van der Waals surface area contributed by atoms with E-state index in [0.29, 0.717) is 0 Å². The number of hydrogen-bond acceptors (Lipinski definition) is 2. The molecule has 1 nitrogen and oxygen atoms in total. The van der Waals surface area contributed by atoms with E-state index in [1.807, 2.05) is 13.8 Å². The van der Waals surface area contributed by atoms with Crippen LogP contribution in [0.1, 0.15) is 16.0 Å². The molecule has 0 aliphatic carbocycles. The molecule has 0 bridgehead atoms. The first-order valence-electron chi connectivity index (χ1n) is 2.90. The first kappa shape index (κ1) is 6.78. The molecule has 2 heteroatoms. The minimum Gasteiger partial charge on any atom is -0.392 e. The van der Waals surface area contributed by atoms with E-state index >= 15 is 0 Å². The van der Waals surface area contributed by atoms with Crippen molar-refractivity contribution in [2.75, 3.05) is 0 Å². The quantitative estimate of drug-likeness (QED) is 0.634. The van der Waals surface area contributed by atoms with Crippen LogP contribution in [0.15, 0.2) is 5.38 Å². The maximum Gasteiger partial charge on any atom is 0.0695 e. The van der Waals surface area contributed by atoms with Crippen molar-refractivity contribution in [1.29, 1.82) is 0 Å². The van der Waals surface area contributed by atoms with Crippen LogP contribution in [0, 0.1) is 13.8 Å². The predicted octanol–water partition coefficient (Wildman–Crippen LogP) is 1.86. The largest absolute Gasteiger partial charge is 0.392 e. The molecule has 0 fully saturated rings. The van der Waals surface area contributed by atoms with Gasteiger partial charge in [-0.3, -0.25) is 0 Å². The van der Waals surface area contributed by atoms with E-state index in [1.165, 1.54) is 10.4 Å². The standard InChI is InChI=1S/C7H10OS/c1-5-4-9-6(2)7(5)3-8/h4,8H,3H2,1-2H3. The van der Waals surface area contributed by atoms with Crippen LogP contribution in [-0.2, 0) is 6.61 Å². The molecule has 0 amide bonds. The number of aliphatic hydroxyl groups is 1. The number of aryl methyl sites for hydroxylation is 2. The molecule has 0 saturated carbocycles. The summed E-state index contributed by atoms with van der Waals surface area (Å²) in [6.45, 7) is 4.24. The fraction of sp³-hybridized carbons (Fsp3) is 0.429. The molecule has 0 saturated heterocycles. The van der Waals surface area contributed by atoms with E-state index in [2.05, 4.69) is 5.38 Å². The molecule has 1 heterocycles. The summed E-state index contributed by atoms with van der Waals surface area (Å²) in [4.78, 5) is 1.23. The van der Waals surface area contributed by atoms with Crippen LogP contribution in [0.2, 0.25) is 0 Å². The molecular weight excluding hydrogens is 132 g/mol. The topological polar surface area (TPSA) is 20.2 Å². The smallest absolute Gasteiger partial charge is 0.0695 e. The number of rotatable bonds is 1. The first-order chi connectivity index (χ1) is 4.25. The fourth-order valence-corrected chi connectivity index (χ4v) is 1.70. The third-order valence-corrected chi connectivity index (χ3v) is 2.54. The highest BCUT2D eigenvalue weighted by Crippen LogP contribution is 2.19. The zero-order chi connectivity index (χ0) is 6.85. The lowest BCUT2D eigenvalue weighted by Gasteiger charge is -1.93. The molecule has 50 valence electrons. The highest BCUT2D eigenvalue weighted by atomic mass is 32.1. The Kier molecular flexibility index (Phi) is 1.88. The van der Waals surface area contributed by atoms with Crippen LogP contribution in [0.25, 0.3) is 0 Å². The van der Waals surface area contributed by atoms with Gasteiger partial charge in [0, 0.05) is 4.88 Å². The van der Waals surface area contributed by atoms with Crippen LogP contribution >= 0.6 is 11.3 Å². The van der Waals surface area contributed by atoms with Gasteiger partial charge in [0.15, 0.2) is 0 Å². The first-order valence-corrected chi connectivity index (χ1v) is 3.78. The van der Waals surface area contributed by atoms with Gasteiger partial charge in [0.2, 0.25) is 0 Å². The van der Waals surface area contributed by atoms with Crippen molar-refractivity contribution in [3.8, 4) is 0 Å². The molecule has 1 aromatic heterocycles. The maximum atomic E-state index is 8.79. The summed E-state index contributed by atoms with van der Waals surface area (Å²) in [6, 6.07) is 0. The summed E-state index contributed by atoms with van der Waals surface area (Å²) >= 11 is 1.70. The Balaban J connectivity index is 3.07. The predicted molar refractivity (Wildman–Crippen MR) is 39.7 cm³/mol. The Hall–Kier alpha value is -0.340. The van der Waals surface area contributed by atoms with Crippen molar-refractivity contribution in [3.05, 3.63) is 21.4 Å². The Morgan fingerprint density at radius 3 is 2.44 bits per heavy atom. The molecule has 9 heavy (non-hydrogen) atoms. The lowest BCUT2D eigenvalue weighted by atomic mass is 10.2. The Labute approximate surface area is 59.0 Å². The second kappa shape index (κ2) is 2.50. The zero-order valence-electron chi connectivity index (χ0n) is 5.64. The second-order valence-electron chi connectivity index (χ2n) is 2.11. The molecule has 0 aromatic carbocycles. The molecule has 1 aromatic rings. The molecule has 0 radical (unpaired) electrons. The summed E-state index contributed by atoms with van der Waals surface area (Å²) in [5.74, 6) is 0. The van der Waals surface area contributed by atoms with E-state index in [9.17, 15) is 0 Å². The third kappa shape index (κ3) is 1.14. The summed E-state index contributed by atoms with van der Waals surface area (Å²) < 4.78 is 0. The third-order valence-electron chi connectivity index (χ3n) is 1.47. The lowest BCUT2D eigenvalue weighted by molar-refractivity contribution is 0.281. The number of hydrogen-bond donors (Lipinski definition) is 1. The average molecular weight is 142 g/mol. The Morgan fingerprint density at radius 1 is 1.56 bits per heavy atom. The normalized spacial score (nSPS) is 10.1. The minimum atomic E-state index is 0.182. The monoisotopic (exact) mass is 142 g/mol. The molecule has 0 aliphatic heterocycles. The molecule has 0 spiro atoms. The highest BCUT2D eigenvalue weighted by Gasteiger charge is 2.00. The van der Waals surface area contributed by atoms with Crippen molar-refractivity contribution in [1.82, 2.24) is 0 Å². The summed E-state index contributed by atoms with van der Waals surface area (Å²) in [5.41, 5.74) is 2.31. The van der Waals surface area contributed by atoms with Gasteiger partial charge in [-0.2, -0.15) is 0 Å². The average Bonchev–Trinajstić information content (AvgIpc) is 2.12. The molecule has 1 rings (SSSR count). The van der Waals surface area contributed by atoms with Gasteiger partial charge in [-0.1, -0.05) is 0 Å². The summed E-state index contributed by atoms with van der Waals surface area (Å²) in [5, 5.41) is 10.9. The van der Waals surface area contributed by atoms with Gasteiger partial charge in [0.05, 0.1) is 6.61 Å². The van der Waals surface area contributed by atoms with Gasteiger partial charge < -0.3 is 5.11 Å². The highest BCUT2D eigenvalue weighted by molar-refractivity contribution is 7.10. The van der Waals surface area contributed by atoms with Gasteiger partial charge in [-0.15, -0.1) is 11.3 Å². The van der Waals surface area contributed by atoms with Gasteiger partial charge in [0.1, 0.15) is 0 Å². The van der Waals surface area contributed by atoms with Crippen molar-refractivity contribution in [2.45, 2.75) is 20.5 Å². The van der Waals surface area contributed by atoms with Crippen molar-refractivity contribution in [2.24, 2.45) is 0 Å². The minimum absolute atomic E-state index is 0.182. The van der Waals surface area contributed by atoms with E-state index in [1.54, 1.807) is 11.3 Å². The maximum absolute atomic E-state index is 8.79. The SMILES string of the molecule is Cc1csc(C)c1CO. The molecule has 0 atom stereocenters. The van der Waals surface area contributed by atoms with E-state index in [4.69, 9.17) is 5.11 Å². The Bertz CT molecular complexity index is 183. The number of thiophene rings is 1. The molecule has 0 aliphatic rings. The van der Waals surface area contributed by atoms with Gasteiger partial charge in [-0.25, -0.2) is 0 Å². The Morgan fingerprint density at radius 2 is 2.22 bits per heavy atom. The lowest BCUT2D eigenvalue weighted by Crippen LogP contribution is -1.83. The number of aliphatic hydroxyl groups excluding tert-OH is 1. The van der Waals surface area contributed by atoms with E-state index in [0.717, 1.165) is 5.56 Å². The second-order valence-corrected chi connectivity index (χ2v) is 3.20. The summed E-state index contributed by atoms with van der Waals surface area (Å²) in [7, 11) is 0. The van der Waals surface area contributed by atoms with E-state index in [-0.39, 0.29) is 6.61 Å². The molecular formula is C7H10OS. The van der Waals surface area contributed by atoms with Crippen LogP contribution in [0.5, 0.6) is 0 Å². The van der Waals surface area contributed by atoms with Crippen molar-refractivity contribution >= 4 is 11.3 Å². The van der Waals surface area contributed by atoms with Crippen LogP contribution < -0.4 is 0 Å². The zero-order valence-corrected chi connectivity index (χ0v) is 6.46. The van der Waals surface area contributed by atoms with Crippen molar-refractivity contribution in [3.63, 3.8) is 0 Å². The van der Waals surface area contributed by atoms with Crippen LogP contribution in [-0.4, -0.2) is 5.11 Å².